The number of rotatable bonds is 4. The summed E-state index contributed by atoms with van der Waals surface area (Å²) >= 11 is 1.38. The van der Waals surface area contributed by atoms with Crippen LogP contribution in [0.3, 0.4) is 0 Å². The number of nitrogens with zero attached hydrogens (tertiary/aromatic N) is 2. The van der Waals surface area contributed by atoms with Gasteiger partial charge in [-0.05, 0) is 26.2 Å². The van der Waals surface area contributed by atoms with E-state index >= 15 is 0 Å². The highest BCUT2D eigenvalue weighted by molar-refractivity contribution is 7.13. The van der Waals surface area contributed by atoms with Crippen LogP contribution in [0.25, 0.3) is 0 Å². The van der Waals surface area contributed by atoms with Crippen molar-refractivity contribution in [3.63, 3.8) is 0 Å². The van der Waals surface area contributed by atoms with Crippen LogP contribution in [-0.2, 0) is 0 Å². The highest BCUT2D eigenvalue weighted by Crippen LogP contribution is 2.23. The first-order valence-corrected chi connectivity index (χ1v) is 6.15. The first-order chi connectivity index (χ1) is 7.45. The Kier molecular flexibility index (Phi) is 4.19. The number of thiazole rings is 1. The van der Waals surface area contributed by atoms with Crippen LogP contribution >= 0.6 is 11.3 Å². The molecular weight excluding hydrogens is 220 g/mol. The molecule has 0 amide bonds. The van der Waals surface area contributed by atoms with Crippen molar-refractivity contribution in [2.75, 3.05) is 0 Å². The molecule has 0 N–H and O–H groups in total. The molecular formula is C12H16N2OS. The monoisotopic (exact) mass is 236 g/mol. The Morgan fingerprint density at radius 3 is 2.50 bits per heavy atom. The van der Waals surface area contributed by atoms with Gasteiger partial charge in [0.25, 0.3) is 0 Å². The molecule has 0 aliphatic rings. The number of carbonyl (C=O) groups excluding carboxylic acids is 1. The topological polar surface area (TPSA) is 53.8 Å². The molecule has 0 spiro atoms. The van der Waals surface area contributed by atoms with Gasteiger partial charge >= 0.3 is 0 Å². The number of nitriles is 1. The van der Waals surface area contributed by atoms with E-state index in [1.807, 2.05) is 27.7 Å². The lowest BCUT2D eigenvalue weighted by molar-refractivity contribution is 0.0940. The van der Waals surface area contributed by atoms with E-state index in [1.54, 1.807) is 0 Å². The van der Waals surface area contributed by atoms with E-state index in [0.717, 1.165) is 10.7 Å². The first-order valence-electron chi connectivity index (χ1n) is 5.33. The maximum atomic E-state index is 12.1. The van der Waals surface area contributed by atoms with Gasteiger partial charge in [-0.25, -0.2) is 4.98 Å². The van der Waals surface area contributed by atoms with Gasteiger partial charge in [0, 0.05) is 0 Å². The number of aryl methyl sites for hydroxylation is 2. The van der Waals surface area contributed by atoms with E-state index in [4.69, 9.17) is 5.26 Å². The van der Waals surface area contributed by atoms with Crippen molar-refractivity contribution in [1.29, 1.82) is 5.26 Å². The third-order valence-electron chi connectivity index (χ3n) is 2.31. The average Bonchev–Trinajstić information content (AvgIpc) is 2.53. The fourth-order valence-corrected chi connectivity index (χ4v) is 2.52. The SMILES string of the molecule is Cc1nc(C)c(C(=O)C(C#N)CC(C)C)s1. The Bertz CT molecular complexity index is 429. The van der Waals surface area contributed by atoms with Gasteiger partial charge in [-0.2, -0.15) is 5.26 Å². The summed E-state index contributed by atoms with van der Waals surface area (Å²) in [5, 5.41) is 9.89. The summed E-state index contributed by atoms with van der Waals surface area (Å²) in [5.74, 6) is -0.249. The molecule has 1 rings (SSSR count). The van der Waals surface area contributed by atoms with E-state index in [1.165, 1.54) is 11.3 Å². The summed E-state index contributed by atoms with van der Waals surface area (Å²) in [6, 6.07) is 2.10. The normalized spacial score (nSPS) is 12.5. The van der Waals surface area contributed by atoms with Crippen LogP contribution in [0.15, 0.2) is 0 Å². The number of ketones is 1. The van der Waals surface area contributed by atoms with E-state index < -0.39 is 5.92 Å². The van der Waals surface area contributed by atoms with Crippen LogP contribution in [0, 0.1) is 37.0 Å². The molecule has 3 nitrogen and oxygen atoms in total. The quantitative estimate of drug-likeness (QED) is 0.755. The molecule has 1 atom stereocenters. The minimum Gasteiger partial charge on any atom is -0.292 e. The van der Waals surface area contributed by atoms with E-state index in [0.29, 0.717) is 17.2 Å². The molecule has 0 bridgehead atoms. The minimum atomic E-state index is -0.529. The van der Waals surface area contributed by atoms with Crippen LogP contribution in [0.5, 0.6) is 0 Å². The molecule has 1 heterocycles. The van der Waals surface area contributed by atoms with Crippen molar-refractivity contribution in [1.82, 2.24) is 4.98 Å². The summed E-state index contributed by atoms with van der Waals surface area (Å²) in [5.41, 5.74) is 0.747. The van der Waals surface area contributed by atoms with Crippen molar-refractivity contribution in [3.05, 3.63) is 15.6 Å². The van der Waals surface area contributed by atoms with Gasteiger partial charge in [0.2, 0.25) is 0 Å². The molecule has 0 radical (unpaired) electrons. The second-order valence-corrected chi connectivity index (χ2v) is 5.53. The summed E-state index contributed by atoms with van der Waals surface area (Å²) in [7, 11) is 0. The predicted molar refractivity (Wildman–Crippen MR) is 64.5 cm³/mol. The highest BCUT2D eigenvalue weighted by atomic mass is 32.1. The molecule has 0 fully saturated rings. The minimum absolute atomic E-state index is 0.0701. The fraction of sp³-hybridized carbons (Fsp3) is 0.583. The number of aromatic nitrogens is 1. The summed E-state index contributed by atoms with van der Waals surface area (Å²) in [6.45, 7) is 7.73. The van der Waals surface area contributed by atoms with Crippen molar-refractivity contribution in [2.45, 2.75) is 34.1 Å². The summed E-state index contributed by atoms with van der Waals surface area (Å²) in [6.07, 6.45) is 0.617. The standard InChI is InChI=1S/C12H16N2OS/c1-7(2)5-10(6-13)11(15)12-8(3)14-9(4)16-12/h7,10H,5H2,1-4H3. The lowest BCUT2D eigenvalue weighted by Gasteiger charge is -2.09. The largest absolute Gasteiger partial charge is 0.292 e. The van der Waals surface area contributed by atoms with E-state index in [2.05, 4.69) is 11.1 Å². The first kappa shape index (κ1) is 12.9. The van der Waals surface area contributed by atoms with Crippen LogP contribution in [0.2, 0.25) is 0 Å². The van der Waals surface area contributed by atoms with Crippen molar-refractivity contribution < 1.29 is 4.79 Å². The molecule has 1 aromatic heterocycles. The van der Waals surface area contributed by atoms with Gasteiger partial charge in [0.05, 0.1) is 21.6 Å². The predicted octanol–water partition coefficient (Wildman–Crippen LogP) is 3.13. The Labute approximate surface area is 100 Å². The zero-order valence-electron chi connectivity index (χ0n) is 10.1. The lowest BCUT2D eigenvalue weighted by atomic mass is 9.93. The molecule has 1 unspecified atom stereocenters. The third-order valence-corrected chi connectivity index (χ3v) is 3.39. The zero-order chi connectivity index (χ0) is 12.3. The second kappa shape index (κ2) is 5.22. The maximum absolute atomic E-state index is 12.1. The number of carbonyl (C=O) groups is 1. The zero-order valence-corrected chi connectivity index (χ0v) is 10.9. The van der Waals surface area contributed by atoms with Crippen molar-refractivity contribution in [3.8, 4) is 6.07 Å². The maximum Gasteiger partial charge on any atom is 0.191 e. The molecule has 0 aliphatic carbocycles. The second-order valence-electron chi connectivity index (χ2n) is 4.32. The Morgan fingerprint density at radius 1 is 1.50 bits per heavy atom. The average molecular weight is 236 g/mol. The number of Topliss-reactive ketones (excluding diaryl/α,β-unsaturated/α-hetero) is 1. The molecule has 4 heteroatoms. The van der Waals surface area contributed by atoms with Gasteiger partial charge < -0.3 is 0 Å². The van der Waals surface area contributed by atoms with Crippen LogP contribution in [0.1, 0.15) is 40.6 Å². The molecule has 0 saturated heterocycles. The van der Waals surface area contributed by atoms with Crippen LogP contribution in [0.4, 0.5) is 0 Å². The summed E-state index contributed by atoms with van der Waals surface area (Å²) in [4.78, 5) is 17.0. The van der Waals surface area contributed by atoms with E-state index in [-0.39, 0.29) is 5.78 Å². The number of hydrogen-bond acceptors (Lipinski definition) is 4. The fourth-order valence-electron chi connectivity index (χ4n) is 1.61. The highest BCUT2D eigenvalue weighted by Gasteiger charge is 2.24. The molecule has 0 saturated carbocycles. The number of hydrogen-bond donors (Lipinski definition) is 0. The lowest BCUT2D eigenvalue weighted by Crippen LogP contribution is -2.15. The summed E-state index contributed by atoms with van der Waals surface area (Å²) < 4.78 is 0. The van der Waals surface area contributed by atoms with Gasteiger partial charge in [-0.15, -0.1) is 11.3 Å². The van der Waals surface area contributed by atoms with Gasteiger partial charge in [-0.3, -0.25) is 4.79 Å². The van der Waals surface area contributed by atoms with Crippen molar-refractivity contribution >= 4 is 17.1 Å². The molecule has 16 heavy (non-hydrogen) atoms. The van der Waals surface area contributed by atoms with Crippen LogP contribution in [-0.4, -0.2) is 10.8 Å². The smallest absolute Gasteiger partial charge is 0.191 e. The molecule has 86 valence electrons. The van der Waals surface area contributed by atoms with E-state index in [9.17, 15) is 4.79 Å². The molecule has 0 aromatic carbocycles. The van der Waals surface area contributed by atoms with Gasteiger partial charge in [0.1, 0.15) is 5.92 Å². The van der Waals surface area contributed by atoms with Crippen molar-refractivity contribution in [2.24, 2.45) is 11.8 Å². The van der Waals surface area contributed by atoms with Gasteiger partial charge in [-0.1, -0.05) is 13.8 Å². The third kappa shape index (κ3) is 2.89. The molecule has 1 aromatic rings. The Morgan fingerprint density at radius 2 is 2.12 bits per heavy atom. The van der Waals surface area contributed by atoms with Gasteiger partial charge in [0.15, 0.2) is 5.78 Å². The Hall–Kier alpha value is -1.21. The Balaban J connectivity index is 2.92. The van der Waals surface area contributed by atoms with Crippen LogP contribution < -0.4 is 0 Å². The molecule has 0 aliphatic heterocycles.